The summed E-state index contributed by atoms with van der Waals surface area (Å²) in [5.74, 6) is 6.32. The molecule has 1 rings (SSSR count). The Labute approximate surface area is 90.2 Å². The van der Waals surface area contributed by atoms with Crippen molar-refractivity contribution in [3.8, 4) is 0 Å². The maximum atomic E-state index is 11.0. The number of hydrazine groups is 1. The van der Waals surface area contributed by atoms with Crippen molar-refractivity contribution in [2.75, 3.05) is 12.3 Å². The fourth-order valence-electron chi connectivity index (χ4n) is 0.799. The lowest BCUT2D eigenvalue weighted by molar-refractivity contribution is 0.0953. The van der Waals surface area contributed by atoms with Gasteiger partial charge in [-0.05, 0) is 0 Å². The minimum atomic E-state index is -0.343. The van der Waals surface area contributed by atoms with E-state index in [9.17, 15) is 4.79 Å². The highest BCUT2D eigenvalue weighted by atomic mass is 32.2. The summed E-state index contributed by atoms with van der Waals surface area (Å²) in [7, 11) is 0. The molecule has 7 heteroatoms. The van der Waals surface area contributed by atoms with Crippen LogP contribution in [0.3, 0.4) is 0 Å². The molecule has 1 aromatic heterocycles. The average Bonchev–Trinajstić information content (AvgIpc) is 2.66. The Bertz CT molecular complexity index is 302. The predicted molar refractivity (Wildman–Crippen MR) is 59.0 cm³/mol. The molecule has 1 aromatic rings. The minimum absolute atomic E-state index is 0.343. The van der Waals surface area contributed by atoms with Crippen LogP contribution in [0.25, 0.3) is 0 Å². The lowest BCUT2D eigenvalue weighted by Gasteiger charge is -1.95. The van der Waals surface area contributed by atoms with E-state index in [-0.39, 0.29) is 5.91 Å². The quantitative estimate of drug-likeness (QED) is 0.286. The van der Waals surface area contributed by atoms with Gasteiger partial charge in [0.15, 0.2) is 5.01 Å². The van der Waals surface area contributed by atoms with Gasteiger partial charge in [-0.15, -0.1) is 11.3 Å². The van der Waals surface area contributed by atoms with Crippen LogP contribution < -0.4 is 17.0 Å². The van der Waals surface area contributed by atoms with E-state index in [1.165, 1.54) is 11.3 Å². The molecule has 0 bridgehead atoms. The first-order valence-electron chi connectivity index (χ1n) is 4.01. The number of hydrogen-bond acceptors (Lipinski definition) is 6. The molecule has 1 heterocycles. The molecule has 0 aliphatic rings. The van der Waals surface area contributed by atoms with Crippen LogP contribution in [0.4, 0.5) is 0 Å². The largest absolute Gasteiger partial charge is 0.330 e. The molecular formula is C7H12N4OS2. The number of aromatic nitrogens is 1. The van der Waals surface area contributed by atoms with Crippen LogP contribution >= 0.6 is 23.1 Å². The summed E-state index contributed by atoms with van der Waals surface area (Å²) in [6, 6.07) is 0. The van der Waals surface area contributed by atoms with E-state index < -0.39 is 0 Å². The van der Waals surface area contributed by atoms with Gasteiger partial charge in [-0.2, -0.15) is 11.8 Å². The van der Waals surface area contributed by atoms with Gasteiger partial charge in [-0.3, -0.25) is 10.2 Å². The molecule has 0 saturated heterocycles. The Kier molecular flexibility index (Phi) is 4.88. The minimum Gasteiger partial charge on any atom is -0.330 e. The van der Waals surface area contributed by atoms with E-state index in [1.807, 2.05) is 10.8 Å². The number of rotatable bonds is 5. The smallest absolute Gasteiger partial charge is 0.294 e. The fraction of sp³-hybridized carbons (Fsp3) is 0.429. The van der Waals surface area contributed by atoms with Crippen LogP contribution in [0, 0.1) is 0 Å². The number of nitrogen functional groups attached to an aromatic ring is 1. The average molecular weight is 232 g/mol. The summed E-state index contributed by atoms with van der Waals surface area (Å²) in [5, 5.41) is 2.25. The van der Waals surface area contributed by atoms with Crippen LogP contribution in [-0.4, -0.2) is 23.2 Å². The van der Waals surface area contributed by atoms with Crippen molar-refractivity contribution in [2.45, 2.75) is 5.75 Å². The molecule has 14 heavy (non-hydrogen) atoms. The second-order valence-electron chi connectivity index (χ2n) is 2.46. The van der Waals surface area contributed by atoms with E-state index in [4.69, 9.17) is 11.6 Å². The lowest BCUT2D eigenvalue weighted by atomic mass is 10.5. The summed E-state index contributed by atoms with van der Waals surface area (Å²) in [6.07, 6.45) is 0. The van der Waals surface area contributed by atoms with Gasteiger partial charge in [0.05, 0.1) is 5.69 Å². The molecule has 0 radical (unpaired) electrons. The topological polar surface area (TPSA) is 94.0 Å². The molecule has 1 amide bonds. The van der Waals surface area contributed by atoms with E-state index in [0.717, 1.165) is 17.2 Å². The highest BCUT2D eigenvalue weighted by molar-refractivity contribution is 7.98. The molecule has 0 saturated carbocycles. The number of amides is 1. The molecular weight excluding hydrogens is 220 g/mol. The normalized spacial score (nSPS) is 10.1. The molecule has 5 nitrogen and oxygen atoms in total. The second-order valence-corrected chi connectivity index (χ2v) is 4.42. The number of thiazole rings is 1. The predicted octanol–water partition coefficient (Wildman–Crippen LogP) is -0.0615. The van der Waals surface area contributed by atoms with Gasteiger partial charge in [0, 0.05) is 23.4 Å². The van der Waals surface area contributed by atoms with Gasteiger partial charge >= 0.3 is 0 Å². The molecule has 0 atom stereocenters. The molecule has 0 fully saturated rings. The fourth-order valence-corrected chi connectivity index (χ4v) is 2.29. The monoisotopic (exact) mass is 232 g/mol. The summed E-state index contributed by atoms with van der Waals surface area (Å²) in [6.45, 7) is 0.658. The first-order chi connectivity index (χ1) is 6.77. The van der Waals surface area contributed by atoms with Crippen molar-refractivity contribution in [2.24, 2.45) is 11.6 Å². The first-order valence-corrected chi connectivity index (χ1v) is 6.04. The number of carbonyl (C=O) groups excluding carboxylic acids is 1. The molecule has 0 aromatic carbocycles. The van der Waals surface area contributed by atoms with Crippen molar-refractivity contribution in [3.05, 3.63) is 16.1 Å². The van der Waals surface area contributed by atoms with Gasteiger partial charge in [0.2, 0.25) is 0 Å². The standard InChI is InChI=1S/C7H12N4OS2/c8-1-2-13-3-5-4-14-7(10-5)6(12)11-9/h4H,1-3,8-9H2,(H,11,12). The van der Waals surface area contributed by atoms with Gasteiger partial charge in [0.1, 0.15) is 0 Å². The van der Waals surface area contributed by atoms with Crippen LogP contribution in [0.1, 0.15) is 15.5 Å². The number of thioether (sulfide) groups is 1. The SMILES string of the molecule is NCCSCc1csc(C(=O)NN)n1. The second kappa shape index (κ2) is 5.97. The summed E-state index contributed by atoms with van der Waals surface area (Å²) >= 11 is 2.99. The van der Waals surface area contributed by atoms with Crippen molar-refractivity contribution >= 4 is 29.0 Å². The summed E-state index contributed by atoms with van der Waals surface area (Å²) in [5.41, 5.74) is 8.29. The third-order valence-corrected chi connectivity index (χ3v) is 3.30. The first kappa shape index (κ1) is 11.4. The number of nitrogens with one attached hydrogen (secondary N) is 1. The maximum Gasteiger partial charge on any atom is 0.294 e. The number of nitrogens with two attached hydrogens (primary N) is 2. The zero-order chi connectivity index (χ0) is 10.4. The van der Waals surface area contributed by atoms with Crippen molar-refractivity contribution in [1.82, 2.24) is 10.4 Å². The Balaban J connectivity index is 2.46. The van der Waals surface area contributed by atoms with E-state index in [0.29, 0.717) is 11.6 Å². The van der Waals surface area contributed by atoms with Crippen LogP contribution in [-0.2, 0) is 5.75 Å². The zero-order valence-corrected chi connectivity index (χ0v) is 9.16. The third-order valence-electron chi connectivity index (χ3n) is 1.39. The van der Waals surface area contributed by atoms with Crippen LogP contribution in [0.15, 0.2) is 5.38 Å². The maximum absolute atomic E-state index is 11.0. The molecule has 0 spiro atoms. The van der Waals surface area contributed by atoms with Crippen LogP contribution in [0.2, 0.25) is 0 Å². The highest BCUT2D eigenvalue weighted by Gasteiger charge is 2.08. The van der Waals surface area contributed by atoms with Gasteiger partial charge in [-0.1, -0.05) is 0 Å². The van der Waals surface area contributed by atoms with E-state index in [2.05, 4.69) is 4.98 Å². The Morgan fingerprint density at radius 2 is 2.50 bits per heavy atom. The highest BCUT2D eigenvalue weighted by Crippen LogP contribution is 2.15. The molecule has 0 aliphatic carbocycles. The van der Waals surface area contributed by atoms with Crippen molar-refractivity contribution in [3.63, 3.8) is 0 Å². The molecule has 0 aliphatic heterocycles. The van der Waals surface area contributed by atoms with Crippen molar-refractivity contribution < 1.29 is 4.79 Å². The van der Waals surface area contributed by atoms with E-state index >= 15 is 0 Å². The Morgan fingerprint density at radius 3 is 3.14 bits per heavy atom. The number of carbonyl (C=O) groups is 1. The van der Waals surface area contributed by atoms with E-state index in [1.54, 1.807) is 11.8 Å². The number of nitrogens with zero attached hydrogens (tertiary/aromatic N) is 1. The van der Waals surface area contributed by atoms with Crippen molar-refractivity contribution in [1.29, 1.82) is 0 Å². The zero-order valence-electron chi connectivity index (χ0n) is 7.53. The third kappa shape index (κ3) is 3.26. The van der Waals surface area contributed by atoms with Crippen LogP contribution in [0.5, 0.6) is 0 Å². The van der Waals surface area contributed by atoms with Gasteiger partial charge in [-0.25, -0.2) is 10.8 Å². The summed E-state index contributed by atoms with van der Waals surface area (Å²) in [4.78, 5) is 15.2. The summed E-state index contributed by atoms with van der Waals surface area (Å²) < 4.78 is 0. The Hall–Kier alpha value is -0.630. The molecule has 5 N–H and O–H groups in total. The Morgan fingerprint density at radius 1 is 1.71 bits per heavy atom. The number of hydrogen-bond donors (Lipinski definition) is 3. The molecule has 0 unspecified atom stereocenters. The van der Waals surface area contributed by atoms with Gasteiger partial charge < -0.3 is 5.73 Å². The lowest BCUT2D eigenvalue weighted by Crippen LogP contribution is -2.29. The molecule has 78 valence electrons. The van der Waals surface area contributed by atoms with Gasteiger partial charge in [0.25, 0.3) is 5.91 Å².